The first-order chi connectivity index (χ1) is 15.0. The van der Waals surface area contributed by atoms with Gasteiger partial charge in [0.15, 0.2) is 0 Å². The summed E-state index contributed by atoms with van der Waals surface area (Å²) in [5.41, 5.74) is 10.2. The number of nitrogens with one attached hydrogen (secondary N) is 2. The lowest BCUT2D eigenvalue weighted by Gasteiger charge is -2.29. The van der Waals surface area contributed by atoms with Gasteiger partial charge in [-0.05, 0) is 67.6 Å². The number of nitrogens with two attached hydrogens (primary N) is 1. The van der Waals surface area contributed by atoms with Crippen LogP contribution in [0.25, 0.3) is 11.1 Å². The fourth-order valence-corrected chi connectivity index (χ4v) is 4.31. The summed E-state index contributed by atoms with van der Waals surface area (Å²) >= 11 is 0. The number of carbonyl (C=O) groups excluding carboxylic acids is 1. The van der Waals surface area contributed by atoms with Crippen LogP contribution in [0, 0.1) is 5.92 Å². The van der Waals surface area contributed by atoms with Crippen molar-refractivity contribution in [2.24, 2.45) is 11.7 Å². The average Bonchev–Trinajstić information content (AvgIpc) is 2.77. The van der Waals surface area contributed by atoms with Crippen molar-refractivity contribution in [1.82, 2.24) is 15.5 Å². The minimum atomic E-state index is -0.179. The summed E-state index contributed by atoms with van der Waals surface area (Å²) in [5.74, 6) is 0.249. The van der Waals surface area contributed by atoms with Gasteiger partial charge in [-0.25, -0.2) is 0 Å². The van der Waals surface area contributed by atoms with Crippen LogP contribution in [0.4, 0.5) is 0 Å². The number of amides is 1. The number of piperidine rings is 1. The van der Waals surface area contributed by atoms with E-state index in [4.69, 9.17) is 5.73 Å². The molecule has 5 nitrogen and oxygen atoms in total. The van der Waals surface area contributed by atoms with Crippen molar-refractivity contribution < 1.29 is 4.79 Å². The summed E-state index contributed by atoms with van der Waals surface area (Å²) in [6, 6.07) is 17.7. The van der Waals surface area contributed by atoms with Crippen LogP contribution in [-0.4, -0.2) is 43.7 Å². The summed E-state index contributed by atoms with van der Waals surface area (Å²) in [6.45, 7) is 7.71. The van der Waals surface area contributed by atoms with Gasteiger partial charge in [0.05, 0.1) is 12.6 Å². The first kappa shape index (κ1) is 23.5. The van der Waals surface area contributed by atoms with Gasteiger partial charge in [0.2, 0.25) is 5.91 Å². The zero-order valence-electron chi connectivity index (χ0n) is 19.2. The Bertz CT molecular complexity index is 826. The van der Waals surface area contributed by atoms with Gasteiger partial charge >= 0.3 is 0 Å². The number of hydrogen-bond acceptors (Lipinski definition) is 4. The second-order valence-corrected chi connectivity index (χ2v) is 9.21. The normalized spacial score (nSPS) is 16.4. The van der Waals surface area contributed by atoms with Gasteiger partial charge in [-0.1, -0.05) is 62.4 Å². The largest absolute Gasteiger partial charge is 0.343 e. The standard InChI is InChI=1S/C26H38N4O/c1-19(2)15-25(26(31)29-18-27)23-6-4-5-22(16-23)21-9-7-20(8-10-21)17-28-24-11-13-30(3)14-12-24/h4-10,16,19,24-25,28H,11-15,17-18,27H2,1-3H3,(H,29,31)/t25-/m1/s1. The van der Waals surface area contributed by atoms with E-state index in [9.17, 15) is 4.79 Å². The van der Waals surface area contributed by atoms with Gasteiger partial charge < -0.3 is 21.3 Å². The minimum Gasteiger partial charge on any atom is -0.343 e. The van der Waals surface area contributed by atoms with Crippen molar-refractivity contribution in [3.63, 3.8) is 0 Å². The molecule has 1 aliphatic rings. The molecule has 1 aliphatic heterocycles. The number of carbonyl (C=O) groups is 1. The lowest BCUT2D eigenvalue weighted by Crippen LogP contribution is -2.40. The fourth-order valence-electron chi connectivity index (χ4n) is 4.31. The molecule has 0 bridgehead atoms. The molecule has 168 valence electrons. The van der Waals surface area contributed by atoms with Crippen LogP contribution in [0.5, 0.6) is 0 Å². The Kier molecular flexibility index (Phi) is 8.64. The predicted molar refractivity (Wildman–Crippen MR) is 129 cm³/mol. The molecule has 1 atom stereocenters. The zero-order valence-corrected chi connectivity index (χ0v) is 19.2. The van der Waals surface area contributed by atoms with Crippen LogP contribution in [0.2, 0.25) is 0 Å². The topological polar surface area (TPSA) is 70.4 Å². The van der Waals surface area contributed by atoms with Gasteiger partial charge in [0.25, 0.3) is 0 Å². The maximum atomic E-state index is 12.6. The Labute approximate surface area is 187 Å². The molecule has 1 saturated heterocycles. The lowest BCUT2D eigenvalue weighted by molar-refractivity contribution is -0.122. The number of benzene rings is 2. The quantitative estimate of drug-likeness (QED) is 0.539. The lowest BCUT2D eigenvalue weighted by atomic mass is 9.88. The highest BCUT2D eigenvalue weighted by molar-refractivity contribution is 5.84. The summed E-state index contributed by atoms with van der Waals surface area (Å²) in [4.78, 5) is 15.0. The van der Waals surface area contributed by atoms with Crippen molar-refractivity contribution in [2.45, 2.75) is 51.6 Å². The van der Waals surface area contributed by atoms with E-state index in [1.807, 2.05) is 12.1 Å². The first-order valence-electron chi connectivity index (χ1n) is 11.5. The van der Waals surface area contributed by atoms with E-state index in [0.717, 1.165) is 24.1 Å². The second kappa shape index (κ2) is 11.4. The van der Waals surface area contributed by atoms with Crippen LogP contribution in [0.15, 0.2) is 48.5 Å². The molecule has 3 rings (SSSR count). The maximum Gasteiger partial charge on any atom is 0.228 e. The number of hydrogen-bond donors (Lipinski definition) is 3. The molecule has 0 spiro atoms. The summed E-state index contributed by atoms with van der Waals surface area (Å²) < 4.78 is 0. The van der Waals surface area contributed by atoms with E-state index in [0.29, 0.717) is 12.0 Å². The van der Waals surface area contributed by atoms with Crippen LogP contribution in [0.1, 0.15) is 50.2 Å². The SMILES string of the molecule is CC(C)C[C@@H](C(=O)NCN)c1cccc(-c2ccc(CNC3CCN(C)CC3)cc2)c1. The van der Waals surface area contributed by atoms with Crippen LogP contribution in [-0.2, 0) is 11.3 Å². The van der Waals surface area contributed by atoms with Crippen molar-refractivity contribution in [2.75, 3.05) is 26.8 Å². The zero-order chi connectivity index (χ0) is 22.2. The Balaban J connectivity index is 1.67. The van der Waals surface area contributed by atoms with Crippen LogP contribution < -0.4 is 16.4 Å². The molecule has 5 heteroatoms. The van der Waals surface area contributed by atoms with Crippen molar-refractivity contribution >= 4 is 5.91 Å². The molecule has 0 radical (unpaired) electrons. The Hall–Kier alpha value is -2.21. The van der Waals surface area contributed by atoms with Crippen molar-refractivity contribution in [1.29, 1.82) is 0 Å². The fraction of sp³-hybridized carbons (Fsp3) is 0.500. The minimum absolute atomic E-state index is 0.00341. The van der Waals surface area contributed by atoms with Crippen LogP contribution in [0.3, 0.4) is 0 Å². The molecular weight excluding hydrogens is 384 g/mol. The molecule has 4 N–H and O–H groups in total. The van der Waals surface area contributed by atoms with E-state index in [1.54, 1.807) is 0 Å². The molecule has 1 fully saturated rings. The molecule has 0 unspecified atom stereocenters. The Morgan fingerprint density at radius 3 is 2.45 bits per heavy atom. The van der Waals surface area contributed by atoms with Crippen molar-refractivity contribution in [3.8, 4) is 11.1 Å². The van der Waals surface area contributed by atoms with Gasteiger partial charge in [0.1, 0.15) is 0 Å². The monoisotopic (exact) mass is 422 g/mol. The summed E-state index contributed by atoms with van der Waals surface area (Å²) in [7, 11) is 2.19. The van der Waals surface area contributed by atoms with E-state index in [2.05, 4.69) is 72.8 Å². The molecule has 2 aromatic carbocycles. The number of nitrogens with zero attached hydrogens (tertiary/aromatic N) is 1. The van der Waals surface area contributed by atoms with Gasteiger partial charge in [-0.15, -0.1) is 0 Å². The van der Waals surface area contributed by atoms with Crippen LogP contribution >= 0.6 is 0 Å². The summed E-state index contributed by atoms with van der Waals surface area (Å²) in [6.07, 6.45) is 3.24. The molecule has 31 heavy (non-hydrogen) atoms. The molecule has 2 aromatic rings. The average molecular weight is 423 g/mol. The predicted octanol–water partition coefficient (Wildman–Crippen LogP) is 3.70. The Morgan fingerprint density at radius 1 is 1.10 bits per heavy atom. The Morgan fingerprint density at radius 2 is 1.81 bits per heavy atom. The highest BCUT2D eigenvalue weighted by atomic mass is 16.1. The highest BCUT2D eigenvalue weighted by Crippen LogP contribution is 2.28. The number of rotatable bonds is 9. The van der Waals surface area contributed by atoms with Crippen molar-refractivity contribution in [3.05, 3.63) is 59.7 Å². The molecule has 0 aliphatic carbocycles. The second-order valence-electron chi connectivity index (χ2n) is 9.21. The maximum absolute atomic E-state index is 12.6. The van der Waals surface area contributed by atoms with Gasteiger partial charge in [0, 0.05) is 12.6 Å². The summed E-state index contributed by atoms with van der Waals surface area (Å²) in [5, 5.41) is 6.49. The molecular formula is C26H38N4O. The van der Waals surface area contributed by atoms with E-state index in [1.165, 1.54) is 37.1 Å². The first-order valence-corrected chi connectivity index (χ1v) is 11.5. The third kappa shape index (κ3) is 6.89. The van der Waals surface area contributed by atoms with Gasteiger partial charge in [-0.3, -0.25) is 4.79 Å². The number of likely N-dealkylation sites (tertiary alicyclic amines) is 1. The highest BCUT2D eigenvalue weighted by Gasteiger charge is 2.22. The molecule has 1 heterocycles. The smallest absolute Gasteiger partial charge is 0.228 e. The van der Waals surface area contributed by atoms with E-state index in [-0.39, 0.29) is 18.5 Å². The molecule has 0 aromatic heterocycles. The third-order valence-corrected chi connectivity index (χ3v) is 6.19. The van der Waals surface area contributed by atoms with E-state index < -0.39 is 0 Å². The van der Waals surface area contributed by atoms with Gasteiger partial charge in [-0.2, -0.15) is 0 Å². The molecule has 1 amide bonds. The van der Waals surface area contributed by atoms with E-state index >= 15 is 0 Å². The molecule has 0 saturated carbocycles. The third-order valence-electron chi connectivity index (χ3n) is 6.19.